The number of carbonyl (C=O) groups is 1. The number of anilines is 2. The Hall–Kier alpha value is -2.20. The minimum Gasteiger partial charge on any atom is -0.484 e. The molecule has 0 aromatic heterocycles. The smallest absolute Gasteiger partial charge is 0.264 e. The lowest BCUT2D eigenvalue weighted by Crippen LogP contribution is -2.31. The predicted molar refractivity (Wildman–Crippen MR) is 81.2 cm³/mol. The average Bonchev–Trinajstić information content (AvgIpc) is 2.45. The zero-order valence-corrected chi connectivity index (χ0v) is 11.8. The van der Waals surface area contributed by atoms with Gasteiger partial charge in [-0.25, -0.2) is 0 Å². The highest BCUT2D eigenvalue weighted by Crippen LogP contribution is 2.18. The molecule has 0 radical (unpaired) electrons. The van der Waals surface area contributed by atoms with E-state index in [1.54, 1.807) is 55.6 Å². The first kappa shape index (κ1) is 14.2. The van der Waals surface area contributed by atoms with Gasteiger partial charge in [0, 0.05) is 23.4 Å². The minimum atomic E-state index is -0.158. The number of nitrogen functional groups attached to an aromatic ring is 1. The molecule has 5 heteroatoms. The van der Waals surface area contributed by atoms with Gasteiger partial charge in [0.15, 0.2) is 6.61 Å². The van der Waals surface area contributed by atoms with E-state index in [-0.39, 0.29) is 12.5 Å². The monoisotopic (exact) mass is 290 g/mol. The van der Waals surface area contributed by atoms with Crippen molar-refractivity contribution >= 4 is 28.9 Å². The Labute approximate surface area is 122 Å². The summed E-state index contributed by atoms with van der Waals surface area (Å²) in [7, 11) is 1.69. The van der Waals surface area contributed by atoms with Gasteiger partial charge in [-0.15, -0.1) is 0 Å². The lowest BCUT2D eigenvalue weighted by molar-refractivity contribution is -0.120. The second-order valence-electron chi connectivity index (χ2n) is 4.29. The highest BCUT2D eigenvalue weighted by Gasteiger charge is 2.11. The number of rotatable bonds is 4. The molecule has 0 atom stereocenters. The Morgan fingerprint density at radius 2 is 1.95 bits per heavy atom. The maximum absolute atomic E-state index is 12.0. The number of benzene rings is 2. The van der Waals surface area contributed by atoms with Crippen LogP contribution in [0.2, 0.25) is 5.02 Å². The van der Waals surface area contributed by atoms with Crippen LogP contribution in [0.3, 0.4) is 0 Å². The van der Waals surface area contributed by atoms with Gasteiger partial charge in [-0.3, -0.25) is 4.79 Å². The quantitative estimate of drug-likeness (QED) is 0.881. The number of hydrogen-bond acceptors (Lipinski definition) is 3. The molecule has 2 N–H and O–H groups in total. The van der Waals surface area contributed by atoms with Crippen molar-refractivity contribution in [2.24, 2.45) is 0 Å². The number of ether oxygens (including phenoxy) is 1. The molecule has 0 aliphatic carbocycles. The third-order valence-corrected chi connectivity index (χ3v) is 3.05. The summed E-state index contributed by atoms with van der Waals surface area (Å²) in [6, 6.07) is 14.0. The molecule has 0 aliphatic heterocycles. The van der Waals surface area contributed by atoms with Crippen molar-refractivity contribution < 1.29 is 9.53 Å². The first-order chi connectivity index (χ1) is 9.56. The van der Waals surface area contributed by atoms with Crippen molar-refractivity contribution in [2.45, 2.75) is 0 Å². The molecule has 1 amide bonds. The molecule has 104 valence electrons. The lowest BCUT2D eigenvalue weighted by atomic mass is 10.2. The molecule has 0 saturated carbocycles. The summed E-state index contributed by atoms with van der Waals surface area (Å²) in [4.78, 5) is 13.5. The first-order valence-electron chi connectivity index (χ1n) is 6.07. The topological polar surface area (TPSA) is 55.6 Å². The van der Waals surface area contributed by atoms with Crippen molar-refractivity contribution in [3.05, 3.63) is 53.6 Å². The molecule has 0 fully saturated rings. The molecule has 20 heavy (non-hydrogen) atoms. The number of likely N-dealkylation sites (N-methyl/N-ethyl adjacent to an activating group) is 1. The zero-order valence-electron chi connectivity index (χ0n) is 11.0. The third-order valence-electron chi connectivity index (χ3n) is 2.81. The standard InChI is InChI=1S/C15H15ClN2O2/c1-18(13-7-5-12(17)6-8-13)15(19)10-20-14-4-2-3-11(16)9-14/h2-9H,10,17H2,1H3. The number of halogens is 1. The molecular weight excluding hydrogens is 276 g/mol. The van der Waals surface area contributed by atoms with Crippen molar-refractivity contribution in [3.63, 3.8) is 0 Å². The van der Waals surface area contributed by atoms with Crippen molar-refractivity contribution in [1.82, 2.24) is 0 Å². The second-order valence-corrected chi connectivity index (χ2v) is 4.73. The Balaban J connectivity index is 1.96. The number of amides is 1. The van der Waals surface area contributed by atoms with Crippen LogP contribution in [0.15, 0.2) is 48.5 Å². The van der Waals surface area contributed by atoms with Crippen LogP contribution in [0.4, 0.5) is 11.4 Å². The largest absolute Gasteiger partial charge is 0.484 e. The fourth-order valence-corrected chi connectivity index (χ4v) is 1.82. The molecular formula is C15H15ClN2O2. The van der Waals surface area contributed by atoms with Crippen LogP contribution in [-0.4, -0.2) is 19.6 Å². The molecule has 0 bridgehead atoms. The summed E-state index contributed by atoms with van der Waals surface area (Å²) in [5, 5.41) is 0.571. The van der Waals surface area contributed by atoms with Gasteiger partial charge >= 0.3 is 0 Å². The van der Waals surface area contributed by atoms with Gasteiger partial charge in [0.25, 0.3) is 5.91 Å². The molecule has 2 rings (SSSR count). The van der Waals surface area contributed by atoms with Crippen LogP contribution >= 0.6 is 11.6 Å². The van der Waals surface area contributed by atoms with Crippen LogP contribution in [0.1, 0.15) is 0 Å². The van der Waals surface area contributed by atoms with Crippen LogP contribution in [0, 0.1) is 0 Å². The van der Waals surface area contributed by atoms with Gasteiger partial charge in [0.1, 0.15) is 5.75 Å². The minimum absolute atomic E-state index is 0.0543. The van der Waals surface area contributed by atoms with Gasteiger partial charge in [0.2, 0.25) is 0 Å². The highest BCUT2D eigenvalue weighted by atomic mass is 35.5. The van der Waals surface area contributed by atoms with Gasteiger partial charge in [0.05, 0.1) is 0 Å². The summed E-state index contributed by atoms with van der Waals surface area (Å²) in [6.07, 6.45) is 0. The predicted octanol–water partition coefficient (Wildman–Crippen LogP) is 2.96. The Kier molecular flexibility index (Phi) is 4.48. The van der Waals surface area contributed by atoms with Gasteiger partial charge in [-0.05, 0) is 42.5 Å². The fraction of sp³-hybridized carbons (Fsp3) is 0.133. The van der Waals surface area contributed by atoms with Crippen molar-refractivity contribution in [1.29, 1.82) is 0 Å². The lowest BCUT2D eigenvalue weighted by Gasteiger charge is -2.17. The van der Waals surface area contributed by atoms with E-state index in [0.717, 1.165) is 5.69 Å². The maximum Gasteiger partial charge on any atom is 0.264 e. The van der Waals surface area contributed by atoms with E-state index in [9.17, 15) is 4.79 Å². The second kappa shape index (κ2) is 6.30. The Morgan fingerprint density at radius 1 is 1.25 bits per heavy atom. The van der Waals surface area contributed by atoms with Crippen LogP contribution in [0.5, 0.6) is 5.75 Å². The van der Waals surface area contributed by atoms with Gasteiger partial charge < -0.3 is 15.4 Å². The van der Waals surface area contributed by atoms with Crippen LogP contribution in [-0.2, 0) is 4.79 Å². The van der Waals surface area contributed by atoms with Crippen molar-refractivity contribution in [2.75, 3.05) is 24.3 Å². The van der Waals surface area contributed by atoms with Crippen molar-refractivity contribution in [3.8, 4) is 5.75 Å². The van der Waals surface area contributed by atoms with Gasteiger partial charge in [-0.1, -0.05) is 17.7 Å². The zero-order chi connectivity index (χ0) is 14.5. The number of nitrogens with two attached hydrogens (primary N) is 1. The fourth-order valence-electron chi connectivity index (χ4n) is 1.64. The number of carbonyl (C=O) groups excluding carboxylic acids is 1. The average molecular weight is 291 g/mol. The molecule has 0 spiro atoms. The summed E-state index contributed by atoms with van der Waals surface area (Å²) in [6.45, 7) is -0.0543. The van der Waals surface area contributed by atoms with Crippen LogP contribution < -0.4 is 15.4 Å². The third kappa shape index (κ3) is 3.65. The van der Waals surface area contributed by atoms with Crippen LogP contribution in [0.25, 0.3) is 0 Å². The summed E-state index contributed by atoms with van der Waals surface area (Å²) in [5.74, 6) is 0.409. The van der Waals surface area contributed by atoms with E-state index in [4.69, 9.17) is 22.1 Å². The highest BCUT2D eigenvalue weighted by molar-refractivity contribution is 6.30. The molecule has 2 aromatic rings. The van der Waals surface area contributed by atoms with E-state index in [1.165, 1.54) is 4.90 Å². The summed E-state index contributed by atoms with van der Waals surface area (Å²) in [5.41, 5.74) is 7.03. The normalized spacial score (nSPS) is 10.1. The molecule has 0 aliphatic rings. The van der Waals surface area contributed by atoms with E-state index in [2.05, 4.69) is 0 Å². The molecule has 0 heterocycles. The number of nitrogens with zero attached hydrogens (tertiary/aromatic N) is 1. The molecule has 0 saturated heterocycles. The molecule has 4 nitrogen and oxygen atoms in total. The summed E-state index contributed by atoms with van der Waals surface area (Å²) < 4.78 is 5.41. The Morgan fingerprint density at radius 3 is 2.60 bits per heavy atom. The molecule has 2 aromatic carbocycles. The van der Waals surface area contributed by atoms with Gasteiger partial charge in [-0.2, -0.15) is 0 Å². The maximum atomic E-state index is 12.0. The van der Waals surface area contributed by atoms with E-state index >= 15 is 0 Å². The molecule has 0 unspecified atom stereocenters. The van der Waals surface area contributed by atoms with E-state index < -0.39 is 0 Å². The Bertz CT molecular complexity index is 599. The SMILES string of the molecule is CN(C(=O)COc1cccc(Cl)c1)c1ccc(N)cc1. The summed E-state index contributed by atoms with van der Waals surface area (Å²) >= 11 is 5.85. The number of hydrogen-bond donors (Lipinski definition) is 1. The van der Waals surface area contributed by atoms with E-state index in [1.807, 2.05) is 0 Å². The van der Waals surface area contributed by atoms with E-state index in [0.29, 0.717) is 16.5 Å². The first-order valence-corrected chi connectivity index (χ1v) is 6.44.